The lowest BCUT2D eigenvalue weighted by Gasteiger charge is -2.04. The Morgan fingerprint density at radius 1 is 0.839 bits per heavy atom. The third-order valence-electron chi connectivity index (χ3n) is 5.64. The summed E-state index contributed by atoms with van der Waals surface area (Å²) in [5.74, 6) is 0.0730. The maximum atomic E-state index is 11.8. The maximum Gasteiger partial charge on any atom is 0.305 e. The van der Waals surface area contributed by atoms with Crippen LogP contribution in [0.2, 0.25) is 0 Å². The molecule has 0 amide bonds. The number of ether oxygens (including phenoxy) is 1. The minimum atomic E-state index is -0.132. The van der Waals surface area contributed by atoms with Gasteiger partial charge in [0.05, 0.1) is 6.54 Å². The third-order valence-corrected chi connectivity index (χ3v) is 5.64. The van der Waals surface area contributed by atoms with Crippen molar-refractivity contribution in [3.63, 3.8) is 0 Å². The van der Waals surface area contributed by atoms with Crippen molar-refractivity contribution < 1.29 is 14.6 Å². The van der Waals surface area contributed by atoms with E-state index in [1.54, 1.807) is 24.4 Å². The maximum absolute atomic E-state index is 11.8. The van der Waals surface area contributed by atoms with E-state index >= 15 is 0 Å². The van der Waals surface area contributed by atoms with E-state index in [-0.39, 0.29) is 11.7 Å². The van der Waals surface area contributed by atoms with E-state index in [2.05, 4.69) is 11.9 Å². The minimum absolute atomic E-state index is 0.132. The number of phenols is 1. The first-order chi connectivity index (χ1) is 15.2. The highest BCUT2D eigenvalue weighted by molar-refractivity contribution is 5.83. The molecule has 0 fully saturated rings. The summed E-state index contributed by atoms with van der Waals surface area (Å²) in [6.07, 6.45) is 21.9. The van der Waals surface area contributed by atoms with Crippen LogP contribution in [0, 0.1) is 0 Å². The van der Waals surface area contributed by atoms with Crippen LogP contribution in [-0.2, 0) is 9.53 Å². The Labute approximate surface area is 190 Å². The van der Waals surface area contributed by atoms with Gasteiger partial charge in [0.1, 0.15) is 12.4 Å². The van der Waals surface area contributed by atoms with E-state index in [9.17, 15) is 9.90 Å². The van der Waals surface area contributed by atoms with Crippen LogP contribution in [0.1, 0.15) is 115 Å². The molecular formula is C27H45NO3. The Hall–Kier alpha value is -1.84. The molecule has 4 heteroatoms. The van der Waals surface area contributed by atoms with Gasteiger partial charge in [0, 0.05) is 18.2 Å². The first-order valence-corrected chi connectivity index (χ1v) is 12.7. The van der Waals surface area contributed by atoms with Crippen LogP contribution in [-0.4, -0.2) is 30.4 Å². The molecule has 1 rings (SSSR count). The van der Waals surface area contributed by atoms with Crippen LogP contribution in [0.15, 0.2) is 29.3 Å². The molecule has 1 aromatic rings. The second-order valence-corrected chi connectivity index (χ2v) is 8.51. The van der Waals surface area contributed by atoms with E-state index in [0.29, 0.717) is 25.1 Å². The largest absolute Gasteiger partial charge is 0.507 e. The van der Waals surface area contributed by atoms with E-state index in [0.717, 1.165) is 12.8 Å². The molecule has 0 saturated carbocycles. The van der Waals surface area contributed by atoms with Gasteiger partial charge in [-0.15, -0.1) is 0 Å². The number of carbonyl (C=O) groups is 1. The van der Waals surface area contributed by atoms with Crippen molar-refractivity contribution in [2.75, 3.05) is 13.2 Å². The summed E-state index contributed by atoms with van der Waals surface area (Å²) in [7, 11) is 0. The van der Waals surface area contributed by atoms with Crippen molar-refractivity contribution in [3.8, 4) is 5.75 Å². The van der Waals surface area contributed by atoms with Gasteiger partial charge in [-0.25, -0.2) is 0 Å². The number of hydrogen-bond acceptors (Lipinski definition) is 4. The predicted molar refractivity (Wildman–Crippen MR) is 131 cm³/mol. The Kier molecular flexibility index (Phi) is 17.6. The van der Waals surface area contributed by atoms with Crippen molar-refractivity contribution in [3.05, 3.63) is 29.8 Å². The highest BCUT2D eigenvalue weighted by atomic mass is 16.5. The molecule has 31 heavy (non-hydrogen) atoms. The molecular weight excluding hydrogens is 386 g/mol. The highest BCUT2D eigenvalue weighted by Gasteiger charge is 2.02. The second-order valence-electron chi connectivity index (χ2n) is 8.51. The lowest BCUT2D eigenvalue weighted by molar-refractivity contribution is -0.143. The number of rotatable bonds is 20. The molecule has 0 aliphatic carbocycles. The minimum Gasteiger partial charge on any atom is -0.507 e. The lowest BCUT2D eigenvalue weighted by atomic mass is 10.0. The normalized spacial score (nSPS) is 11.3. The van der Waals surface area contributed by atoms with Gasteiger partial charge in [-0.3, -0.25) is 9.79 Å². The molecule has 0 saturated heterocycles. The van der Waals surface area contributed by atoms with Gasteiger partial charge in [0.2, 0.25) is 0 Å². The topological polar surface area (TPSA) is 58.9 Å². The fourth-order valence-electron chi connectivity index (χ4n) is 3.68. The number of carbonyl (C=O) groups excluding carboxylic acids is 1. The lowest BCUT2D eigenvalue weighted by Crippen LogP contribution is -2.07. The summed E-state index contributed by atoms with van der Waals surface area (Å²) in [6.45, 7) is 2.98. The van der Waals surface area contributed by atoms with Crippen molar-refractivity contribution in [2.45, 2.75) is 110 Å². The highest BCUT2D eigenvalue weighted by Crippen LogP contribution is 2.14. The monoisotopic (exact) mass is 431 g/mol. The zero-order chi connectivity index (χ0) is 22.4. The molecule has 0 heterocycles. The van der Waals surface area contributed by atoms with E-state index < -0.39 is 0 Å². The van der Waals surface area contributed by atoms with E-state index in [1.807, 2.05) is 6.07 Å². The summed E-state index contributed by atoms with van der Waals surface area (Å²) in [5.41, 5.74) is 0.673. The van der Waals surface area contributed by atoms with Gasteiger partial charge < -0.3 is 9.84 Å². The number of para-hydroxylation sites is 1. The van der Waals surface area contributed by atoms with Crippen molar-refractivity contribution >= 4 is 12.2 Å². The van der Waals surface area contributed by atoms with Gasteiger partial charge in [-0.05, 0) is 18.6 Å². The fraction of sp³-hybridized carbons (Fsp3) is 0.704. The number of aromatic hydroxyl groups is 1. The van der Waals surface area contributed by atoms with Crippen molar-refractivity contribution in [1.82, 2.24) is 0 Å². The van der Waals surface area contributed by atoms with Crippen molar-refractivity contribution in [2.24, 2.45) is 4.99 Å². The van der Waals surface area contributed by atoms with Crippen LogP contribution < -0.4 is 0 Å². The number of unbranched alkanes of at least 4 members (excludes halogenated alkanes) is 14. The predicted octanol–water partition coefficient (Wildman–Crippen LogP) is 7.62. The Balaban J connectivity index is 1.82. The number of nitrogens with zero attached hydrogens (tertiary/aromatic N) is 1. The van der Waals surface area contributed by atoms with Crippen LogP contribution in [0.5, 0.6) is 5.75 Å². The molecule has 1 N–H and O–H groups in total. The standard InChI is InChI=1S/C27H45NO3/c1-2-3-4-5-6-7-8-9-10-11-12-13-14-15-16-21-27(30)31-23-22-28-24-25-19-17-18-20-26(25)29/h17-20,24,29H,2-16,21-23H2,1H3. The Morgan fingerprint density at radius 3 is 1.90 bits per heavy atom. The van der Waals surface area contributed by atoms with Crippen LogP contribution in [0.25, 0.3) is 0 Å². The molecule has 0 spiro atoms. The fourth-order valence-corrected chi connectivity index (χ4v) is 3.68. The van der Waals surface area contributed by atoms with Crippen LogP contribution >= 0.6 is 0 Å². The van der Waals surface area contributed by atoms with Gasteiger partial charge in [0.15, 0.2) is 0 Å². The molecule has 0 aromatic heterocycles. The van der Waals surface area contributed by atoms with Crippen LogP contribution in [0.4, 0.5) is 0 Å². The molecule has 1 aromatic carbocycles. The molecule has 0 atom stereocenters. The number of benzene rings is 1. The van der Waals surface area contributed by atoms with Crippen molar-refractivity contribution in [1.29, 1.82) is 0 Å². The number of esters is 1. The summed E-state index contributed by atoms with van der Waals surface area (Å²) in [6, 6.07) is 7.03. The van der Waals surface area contributed by atoms with Gasteiger partial charge >= 0.3 is 5.97 Å². The molecule has 176 valence electrons. The molecule has 0 unspecified atom stereocenters. The van der Waals surface area contributed by atoms with E-state index in [4.69, 9.17) is 4.74 Å². The average Bonchev–Trinajstić information content (AvgIpc) is 2.77. The zero-order valence-electron chi connectivity index (χ0n) is 19.8. The van der Waals surface area contributed by atoms with Crippen LogP contribution in [0.3, 0.4) is 0 Å². The first-order valence-electron chi connectivity index (χ1n) is 12.7. The summed E-state index contributed by atoms with van der Waals surface area (Å²) in [5, 5.41) is 9.64. The molecule has 0 aliphatic heterocycles. The summed E-state index contributed by atoms with van der Waals surface area (Å²) >= 11 is 0. The number of hydrogen-bond donors (Lipinski definition) is 1. The smallest absolute Gasteiger partial charge is 0.305 e. The van der Waals surface area contributed by atoms with Gasteiger partial charge in [-0.1, -0.05) is 109 Å². The number of aliphatic imine (C=N–C) groups is 1. The van der Waals surface area contributed by atoms with E-state index in [1.165, 1.54) is 83.5 Å². The quantitative estimate of drug-likeness (QED) is 0.131. The first kappa shape index (κ1) is 27.2. The molecule has 0 radical (unpaired) electrons. The summed E-state index contributed by atoms with van der Waals surface area (Å²) < 4.78 is 5.21. The number of phenolic OH excluding ortho intramolecular Hbond substituents is 1. The zero-order valence-corrected chi connectivity index (χ0v) is 19.8. The average molecular weight is 432 g/mol. The molecule has 0 aliphatic rings. The molecule has 4 nitrogen and oxygen atoms in total. The Bertz CT molecular complexity index is 586. The third kappa shape index (κ3) is 16.5. The molecule has 0 bridgehead atoms. The Morgan fingerprint density at radius 2 is 1.35 bits per heavy atom. The van der Waals surface area contributed by atoms with Gasteiger partial charge in [0.25, 0.3) is 0 Å². The summed E-state index contributed by atoms with van der Waals surface area (Å²) in [4.78, 5) is 15.9. The SMILES string of the molecule is CCCCCCCCCCCCCCCCCC(=O)OCCN=Cc1ccccc1O. The second kappa shape index (κ2) is 20.1. The van der Waals surface area contributed by atoms with Gasteiger partial charge in [-0.2, -0.15) is 0 Å².